The molecule has 33 heavy (non-hydrogen) atoms. The molecule has 1 aliphatic rings. The first-order chi connectivity index (χ1) is 16.1. The van der Waals surface area contributed by atoms with Gasteiger partial charge in [-0.25, -0.2) is 4.98 Å². The molecule has 0 unspecified atom stereocenters. The fraction of sp³-hybridized carbons (Fsp3) is 0.259. The maximum absolute atomic E-state index is 10.0. The molecule has 6 heteroatoms. The zero-order valence-corrected chi connectivity index (χ0v) is 19.7. The molecule has 0 N–H and O–H groups in total. The predicted octanol–water partition coefficient (Wildman–Crippen LogP) is 6.48. The quantitative estimate of drug-likeness (QED) is 0.403. The van der Waals surface area contributed by atoms with Crippen molar-refractivity contribution in [1.29, 1.82) is 5.26 Å². The largest absolute Gasteiger partial charge is 0.497 e. The minimum absolute atomic E-state index is 0.333. The monoisotopic (exact) mass is 460 g/mol. The summed E-state index contributed by atoms with van der Waals surface area (Å²) in [4.78, 5) is 4.69. The van der Waals surface area contributed by atoms with Crippen LogP contribution in [0.3, 0.4) is 0 Å². The molecular formula is C27H25ClN2O3. The SMILES string of the molecule is CCCOc1nc(-c2ccc(OC)cc2)cc(C2=C(Cl)c3ccc(OC)cc3CC2)c1C#N. The lowest BCUT2D eigenvalue weighted by Crippen LogP contribution is -2.07. The third kappa shape index (κ3) is 4.53. The van der Waals surface area contributed by atoms with E-state index >= 15 is 0 Å². The van der Waals surface area contributed by atoms with Gasteiger partial charge in [-0.3, -0.25) is 0 Å². The van der Waals surface area contributed by atoms with Crippen LogP contribution in [-0.4, -0.2) is 25.8 Å². The van der Waals surface area contributed by atoms with E-state index in [-0.39, 0.29) is 0 Å². The number of fused-ring (bicyclic) bond motifs is 1. The first-order valence-electron chi connectivity index (χ1n) is 10.9. The Balaban J connectivity index is 1.89. The minimum Gasteiger partial charge on any atom is -0.497 e. The Labute approximate surface area is 199 Å². The standard InChI is InChI=1S/C27H25ClN2O3/c1-4-13-33-27-24(16-29)23(15-25(30-27)17-5-8-19(31-2)9-6-17)22-11-7-18-14-20(32-3)10-12-21(18)26(22)28/h5-6,8-10,12,14-15H,4,7,11,13H2,1-3H3. The Morgan fingerprint density at radius 1 is 0.970 bits per heavy atom. The third-order valence-electron chi connectivity index (χ3n) is 5.71. The van der Waals surface area contributed by atoms with Crippen LogP contribution >= 0.6 is 11.6 Å². The molecule has 0 saturated carbocycles. The van der Waals surface area contributed by atoms with Gasteiger partial charge in [0.05, 0.1) is 31.6 Å². The summed E-state index contributed by atoms with van der Waals surface area (Å²) in [5.41, 5.74) is 5.80. The molecule has 0 aliphatic heterocycles. The van der Waals surface area contributed by atoms with Crippen LogP contribution in [0.25, 0.3) is 21.9 Å². The molecule has 5 nitrogen and oxygen atoms in total. The number of nitrogens with zero attached hydrogens (tertiary/aromatic N) is 2. The van der Waals surface area contributed by atoms with E-state index in [2.05, 4.69) is 11.1 Å². The van der Waals surface area contributed by atoms with Gasteiger partial charge in [0.2, 0.25) is 5.88 Å². The van der Waals surface area contributed by atoms with Gasteiger partial charge < -0.3 is 14.2 Å². The molecule has 0 saturated heterocycles. The van der Waals surface area contributed by atoms with E-state index in [0.29, 0.717) is 29.5 Å². The van der Waals surface area contributed by atoms with E-state index in [9.17, 15) is 5.26 Å². The molecule has 168 valence electrons. The van der Waals surface area contributed by atoms with Crippen LogP contribution in [0.5, 0.6) is 17.4 Å². The molecule has 0 atom stereocenters. The van der Waals surface area contributed by atoms with Gasteiger partial charge in [-0.2, -0.15) is 5.26 Å². The van der Waals surface area contributed by atoms with Gasteiger partial charge >= 0.3 is 0 Å². The minimum atomic E-state index is 0.333. The molecule has 3 aromatic rings. The van der Waals surface area contributed by atoms with Crippen LogP contribution in [-0.2, 0) is 6.42 Å². The van der Waals surface area contributed by atoms with Gasteiger partial charge in [0.1, 0.15) is 23.1 Å². The molecule has 1 aromatic heterocycles. The summed E-state index contributed by atoms with van der Waals surface area (Å²) in [5, 5.41) is 10.7. The number of benzene rings is 2. The number of ether oxygens (including phenoxy) is 3. The third-order valence-corrected chi connectivity index (χ3v) is 6.14. The maximum Gasteiger partial charge on any atom is 0.232 e. The van der Waals surface area contributed by atoms with E-state index in [1.807, 2.05) is 55.5 Å². The number of allylic oxidation sites excluding steroid dienone is 1. The lowest BCUT2D eigenvalue weighted by molar-refractivity contribution is 0.304. The average Bonchev–Trinajstić information content (AvgIpc) is 2.87. The van der Waals surface area contributed by atoms with Crippen LogP contribution in [0, 0.1) is 11.3 Å². The number of aryl methyl sites for hydroxylation is 1. The van der Waals surface area contributed by atoms with E-state index in [1.54, 1.807) is 14.2 Å². The molecule has 0 bridgehead atoms. The molecule has 0 spiro atoms. The summed E-state index contributed by atoms with van der Waals surface area (Å²) >= 11 is 6.92. The Hall–Kier alpha value is -3.49. The fourth-order valence-electron chi connectivity index (χ4n) is 3.98. The van der Waals surface area contributed by atoms with Crippen molar-refractivity contribution in [1.82, 2.24) is 4.98 Å². The van der Waals surface area contributed by atoms with Crippen LogP contribution in [0.2, 0.25) is 0 Å². The number of methoxy groups -OCH3 is 2. The summed E-state index contributed by atoms with van der Waals surface area (Å²) in [6.45, 7) is 2.49. The Kier molecular flexibility index (Phi) is 6.86. The highest BCUT2D eigenvalue weighted by molar-refractivity contribution is 6.53. The zero-order chi connectivity index (χ0) is 23.4. The van der Waals surface area contributed by atoms with Crippen molar-refractivity contribution in [2.45, 2.75) is 26.2 Å². The summed E-state index contributed by atoms with van der Waals surface area (Å²) in [6.07, 6.45) is 2.31. The van der Waals surface area contributed by atoms with E-state index in [4.69, 9.17) is 25.8 Å². The van der Waals surface area contributed by atoms with E-state index in [1.165, 1.54) is 0 Å². The Morgan fingerprint density at radius 3 is 2.36 bits per heavy atom. The zero-order valence-electron chi connectivity index (χ0n) is 18.9. The van der Waals surface area contributed by atoms with Crippen molar-refractivity contribution >= 4 is 22.2 Å². The lowest BCUT2D eigenvalue weighted by Gasteiger charge is -2.22. The van der Waals surface area contributed by atoms with Gasteiger partial charge in [0.15, 0.2) is 0 Å². The summed E-state index contributed by atoms with van der Waals surface area (Å²) in [7, 11) is 3.29. The average molecular weight is 461 g/mol. The first-order valence-corrected chi connectivity index (χ1v) is 11.3. The van der Waals surface area contributed by atoms with E-state index < -0.39 is 0 Å². The number of hydrogen-bond donors (Lipinski definition) is 0. The number of rotatable bonds is 7. The van der Waals surface area contributed by atoms with Gasteiger partial charge in [-0.1, -0.05) is 18.5 Å². The first kappa shape index (κ1) is 22.7. The second-order valence-corrected chi connectivity index (χ2v) is 8.12. The summed E-state index contributed by atoms with van der Waals surface area (Å²) in [5.74, 6) is 1.90. The molecule has 1 aliphatic carbocycles. The van der Waals surface area contributed by atoms with Gasteiger partial charge in [0, 0.05) is 11.1 Å². The summed E-state index contributed by atoms with van der Waals surface area (Å²) in [6, 6.07) is 17.8. The van der Waals surface area contributed by atoms with Gasteiger partial charge in [-0.05, 0) is 84.5 Å². The number of pyridine rings is 1. The predicted molar refractivity (Wildman–Crippen MR) is 131 cm³/mol. The lowest BCUT2D eigenvalue weighted by atomic mass is 9.86. The highest BCUT2D eigenvalue weighted by Crippen LogP contribution is 2.43. The van der Waals surface area contributed by atoms with Crippen LogP contribution in [0.15, 0.2) is 48.5 Å². The molecule has 0 amide bonds. The van der Waals surface area contributed by atoms with Gasteiger partial charge in [-0.15, -0.1) is 0 Å². The second kappa shape index (κ2) is 9.97. The molecule has 1 heterocycles. The normalized spacial score (nSPS) is 12.7. The second-order valence-electron chi connectivity index (χ2n) is 7.74. The number of hydrogen-bond acceptors (Lipinski definition) is 5. The number of nitriles is 1. The van der Waals surface area contributed by atoms with Crippen molar-refractivity contribution in [3.8, 4) is 34.7 Å². The van der Waals surface area contributed by atoms with Gasteiger partial charge in [0.25, 0.3) is 0 Å². The van der Waals surface area contributed by atoms with E-state index in [0.717, 1.165) is 57.9 Å². The molecular weight excluding hydrogens is 436 g/mol. The highest BCUT2D eigenvalue weighted by Gasteiger charge is 2.24. The van der Waals surface area contributed by atoms with Crippen molar-refractivity contribution < 1.29 is 14.2 Å². The smallest absolute Gasteiger partial charge is 0.232 e. The van der Waals surface area contributed by atoms with Crippen LogP contribution in [0.1, 0.15) is 42.0 Å². The van der Waals surface area contributed by atoms with Crippen molar-refractivity contribution in [3.05, 3.63) is 70.8 Å². The summed E-state index contributed by atoms with van der Waals surface area (Å²) < 4.78 is 16.6. The fourth-order valence-corrected chi connectivity index (χ4v) is 4.36. The Bertz CT molecular complexity index is 1240. The topological polar surface area (TPSA) is 64.4 Å². The number of halogens is 1. The Morgan fingerprint density at radius 2 is 1.70 bits per heavy atom. The molecule has 0 fully saturated rings. The molecule has 4 rings (SSSR count). The highest BCUT2D eigenvalue weighted by atomic mass is 35.5. The molecule has 2 aromatic carbocycles. The van der Waals surface area contributed by atoms with Crippen molar-refractivity contribution in [2.75, 3.05) is 20.8 Å². The van der Waals surface area contributed by atoms with Crippen LogP contribution < -0.4 is 14.2 Å². The van der Waals surface area contributed by atoms with Crippen molar-refractivity contribution in [3.63, 3.8) is 0 Å². The van der Waals surface area contributed by atoms with Crippen molar-refractivity contribution in [2.24, 2.45) is 0 Å². The maximum atomic E-state index is 10.0. The number of aromatic nitrogens is 1. The molecule has 0 radical (unpaired) electrons. The van der Waals surface area contributed by atoms with Crippen LogP contribution in [0.4, 0.5) is 0 Å².